The number of piperazine rings is 1. The van der Waals surface area contributed by atoms with Crippen molar-refractivity contribution in [1.82, 2.24) is 10.2 Å². The summed E-state index contributed by atoms with van der Waals surface area (Å²) in [6.07, 6.45) is 0. The van der Waals surface area contributed by atoms with Crippen LogP contribution in [0.1, 0.15) is 0 Å². The summed E-state index contributed by atoms with van der Waals surface area (Å²) in [5.74, 6) is 0. The second-order valence-electron chi connectivity index (χ2n) is 2.38. The van der Waals surface area contributed by atoms with E-state index in [1.807, 2.05) is 0 Å². The Hall–Kier alpha value is -0.120. The quantitative estimate of drug-likeness (QED) is 0.455. The molecule has 0 unspecified atom stereocenters. The lowest BCUT2D eigenvalue weighted by Crippen LogP contribution is -2.49. The van der Waals surface area contributed by atoms with Gasteiger partial charge >= 0.3 is 0 Å². The van der Waals surface area contributed by atoms with Crippen molar-refractivity contribution in [2.45, 2.75) is 0 Å². The fourth-order valence-electron chi connectivity index (χ4n) is 1.12. The number of hydrogen-bond donors (Lipinski definition) is 2. The Balaban J connectivity index is 2.08. The first-order chi connectivity index (χ1) is 4.43. The summed E-state index contributed by atoms with van der Waals surface area (Å²) in [5.41, 5.74) is 5.40. The highest BCUT2D eigenvalue weighted by Crippen LogP contribution is 1.84. The molecule has 0 aliphatic carbocycles. The monoisotopic (exact) mass is 129 g/mol. The lowest BCUT2D eigenvalue weighted by Gasteiger charge is -2.16. The fourth-order valence-corrected chi connectivity index (χ4v) is 1.12. The molecule has 0 amide bonds. The summed E-state index contributed by atoms with van der Waals surface area (Å²) in [4.78, 5) is 2.39. The van der Waals surface area contributed by atoms with E-state index in [0.29, 0.717) is 0 Å². The number of rotatable bonds is 2. The highest BCUT2D eigenvalue weighted by molar-refractivity contribution is 4.72. The van der Waals surface area contributed by atoms with Gasteiger partial charge in [-0.05, 0) is 0 Å². The molecule has 0 atom stereocenters. The van der Waals surface area contributed by atoms with Crippen molar-refractivity contribution in [3.05, 3.63) is 0 Å². The van der Waals surface area contributed by atoms with Crippen LogP contribution in [0.15, 0.2) is 0 Å². The van der Waals surface area contributed by atoms with Crippen molar-refractivity contribution >= 4 is 0 Å². The number of nitrogens with zero attached hydrogens (tertiary/aromatic N) is 1. The van der Waals surface area contributed by atoms with Gasteiger partial charge in [-0.25, -0.2) is 0 Å². The minimum absolute atomic E-state index is 0.792. The SMILES string of the molecule is NCC[N+]1CCNCC1. The first-order valence-electron chi connectivity index (χ1n) is 3.56. The molecule has 1 saturated heterocycles. The summed E-state index contributed by atoms with van der Waals surface area (Å²) in [6.45, 7) is 6.43. The lowest BCUT2D eigenvalue weighted by atomic mass is 10.3. The van der Waals surface area contributed by atoms with E-state index in [1.54, 1.807) is 0 Å². The Morgan fingerprint density at radius 2 is 2.00 bits per heavy atom. The second kappa shape index (κ2) is 3.82. The molecule has 3 N–H and O–H groups in total. The van der Waals surface area contributed by atoms with Crippen molar-refractivity contribution in [2.24, 2.45) is 5.73 Å². The molecule has 3 nitrogen and oxygen atoms in total. The van der Waals surface area contributed by atoms with Gasteiger partial charge in [-0.15, -0.1) is 0 Å². The summed E-state index contributed by atoms with van der Waals surface area (Å²) in [7, 11) is 0. The van der Waals surface area contributed by atoms with Gasteiger partial charge in [-0.1, -0.05) is 0 Å². The summed E-state index contributed by atoms with van der Waals surface area (Å²) in [5, 5.41) is 3.29. The average molecular weight is 129 g/mol. The van der Waals surface area contributed by atoms with Crippen LogP contribution in [0.4, 0.5) is 0 Å². The van der Waals surface area contributed by atoms with E-state index >= 15 is 0 Å². The number of nitrogens with one attached hydrogen (secondary N) is 1. The molecular weight excluding hydrogens is 114 g/mol. The van der Waals surface area contributed by atoms with Gasteiger partial charge in [-0.2, -0.15) is 4.90 Å². The molecule has 1 fully saturated rings. The Labute approximate surface area is 56.2 Å². The second-order valence-corrected chi connectivity index (χ2v) is 2.38. The van der Waals surface area contributed by atoms with E-state index in [0.717, 1.165) is 39.3 Å². The molecule has 1 heterocycles. The molecule has 1 radical (unpaired) electrons. The van der Waals surface area contributed by atoms with E-state index in [-0.39, 0.29) is 0 Å². The molecule has 0 aromatic carbocycles. The molecule has 1 rings (SSSR count). The van der Waals surface area contributed by atoms with Crippen molar-refractivity contribution in [3.63, 3.8) is 0 Å². The zero-order chi connectivity index (χ0) is 6.53. The highest BCUT2D eigenvalue weighted by Gasteiger charge is 2.16. The van der Waals surface area contributed by atoms with Gasteiger partial charge in [0.2, 0.25) is 0 Å². The van der Waals surface area contributed by atoms with Crippen molar-refractivity contribution in [3.8, 4) is 0 Å². The largest absolute Gasteiger partial charge is 0.325 e. The van der Waals surface area contributed by atoms with Gasteiger partial charge in [0.25, 0.3) is 0 Å². The minimum atomic E-state index is 0.792. The number of hydrogen-bond acceptors (Lipinski definition) is 3. The zero-order valence-electron chi connectivity index (χ0n) is 5.77. The third-order valence-electron chi connectivity index (χ3n) is 1.65. The van der Waals surface area contributed by atoms with Gasteiger partial charge in [0.15, 0.2) is 0 Å². The first-order valence-corrected chi connectivity index (χ1v) is 3.56. The molecular formula is C6H15N3+. The van der Waals surface area contributed by atoms with E-state index < -0.39 is 0 Å². The van der Waals surface area contributed by atoms with E-state index in [4.69, 9.17) is 5.73 Å². The van der Waals surface area contributed by atoms with E-state index in [2.05, 4.69) is 10.2 Å². The lowest BCUT2D eigenvalue weighted by molar-refractivity contribution is 0.361. The summed E-state index contributed by atoms with van der Waals surface area (Å²) < 4.78 is 0. The Morgan fingerprint density at radius 3 is 2.56 bits per heavy atom. The standard InChI is InChI=1S/C6H15N3/c7-1-4-9-5-2-8-3-6-9/h8H,1-7H2/q+1. The minimum Gasteiger partial charge on any atom is -0.325 e. The van der Waals surface area contributed by atoms with Crippen LogP contribution in [0.5, 0.6) is 0 Å². The smallest absolute Gasteiger partial charge is 0.135 e. The third-order valence-corrected chi connectivity index (χ3v) is 1.65. The normalized spacial score (nSPS) is 22.3. The topological polar surface area (TPSA) is 44.0 Å². The van der Waals surface area contributed by atoms with Crippen molar-refractivity contribution in [1.29, 1.82) is 0 Å². The molecule has 0 bridgehead atoms. The Bertz CT molecular complexity index is 65.9. The van der Waals surface area contributed by atoms with E-state index in [1.165, 1.54) is 0 Å². The molecule has 3 heteroatoms. The molecule has 0 saturated carbocycles. The van der Waals surface area contributed by atoms with Gasteiger partial charge in [0.05, 0.1) is 0 Å². The Kier molecular flexibility index (Phi) is 2.97. The summed E-state index contributed by atoms with van der Waals surface area (Å²) in [6, 6.07) is 0. The maximum atomic E-state index is 5.40. The maximum Gasteiger partial charge on any atom is 0.135 e. The molecule has 0 aromatic heterocycles. The van der Waals surface area contributed by atoms with Crippen LogP contribution in [0.2, 0.25) is 0 Å². The molecule has 1 aliphatic rings. The molecule has 0 aromatic rings. The molecule has 53 valence electrons. The van der Waals surface area contributed by atoms with Crippen molar-refractivity contribution < 1.29 is 0 Å². The fraction of sp³-hybridized carbons (Fsp3) is 1.00. The molecule has 0 spiro atoms. The molecule has 9 heavy (non-hydrogen) atoms. The van der Waals surface area contributed by atoms with Crippen LogP contribution >= 0.6 is 0 Å². The van der Waals surface area contributed by atoms with Gasteiger partial charge in [0.1, 0.15) is 19.6 Å². The van der Waals surface area contributed by atoms with E-state index in [9.17, 15) is 0 Å². The zero-order valence-corrected chi connectivity index (χ0v) is 5.77. The molecule has 1 aliphatic heterocycles. The summed E-state index contributed by atoms with van der Waals surface area (Å²) >= 11 is 0. The average Bonchev–Trinajstić information content (AvgIpc) is 1.91. The van der Waals surface area contributed by atoms with Gasteiger partial charge in [-0.3, -0.25) is 0 Å². The predicted molar refractivity (Wildman–Crippen MR) is 38.7 cm³/mol. The predicted octanol–water partition coefficient (Wildman–Crippen LogP) is -1.31. The maximum absolute atomic E-state index is 5.40. The van der Waals surface area contributed by atoms with Crippen LogP contribution in [0.3, 0.4) is 0 Å². The highest BCUT2D eigenvalue weighted by atomic mass is 15.2. The van der Waals surface area contributed by atoms with Crippen molar-refractivity contribution in [2.75, 3.05) is 39.3 Å². The van der Waals surface area contributed by atoms with Crippen LogP contribution in [-0.4, -0.2) is 39.3 Å². The van der Waals surface area contributed by atoms with Gasteiger partial charge < -0.3 is 11.1 Å². The van der Waals surface area contributed by atoms with Crippen LogP contribution < -0.4 is 16.0 Å². The Morgan fingerprint density at radius 1 is 1.33 bits per heavy atom. The third kappa shape index (κ3) is 2.30. The number of nitrogens with two attached hydrogens (primary N) is 1. The van der Waals surface area contributed by atoms with Crippen LogP contribution in [-0.2, 0) is 0 Å². The first kappa shape index (κ1) is 6.99. The van der Waals surface area contributed by atoms with Crippen LogP contribution in [0.25, 0.3) is 0 Å². The van der Waals surface area contributed by atoms with Crippen LogP contribution in [0, 0.1) is 0 Å². The van der Waals surface area contributed by atoms with Gasteiger partial charge in [0, 0.05) is 19.6 Å².